The third-order valence-electron chi connectivity index (χ3n) is 6.79. The Morgan fingerprint density at radius 2 is 1.96 bits per heavy atom. The zero-order valence-corrected chi connectivity index (χ0v) is 16.0. The Bertz CT molecular complexity index is 708. The van der Waals surface area contributed by atoms with Crippen molar-refractivity contribution in [1.82, 2.24) is 0 Å². The molecule has 2 aliphatic carbocycles. The van der Waals surface area contributed by atoms with Crippen molar-refractivity contribution in [2.24, 2.45) is 11.3 Å². The Balaban J connectivity index is 2.17. The van der Waals surface area contributed by atoms with Crippen LogP contribution in [-0.4, -0.2) is 29.7 Å². The van der Waals surface area contributed by atoms with Gasteiger partial charge in [0.2, 0.25) is 0 Å². The van der Waals surface area contributed by atoms with E-state index in [0.29, 0.717) is 18.6 Å². The molecule has 2 aliphatic rings. The number of fused-ring (bicyclic) bond motifs is 3. The van der Waals surface area contributed by atoms with E-state index in [4.69, 9.17) is 4.74 Å². The van der Waals surface area contributed by atoms with Gasteiger partial charge in [-0.25, -0.2) is 0 Å². The highest BCUT2D eigenvalue weighted by atomic mass is 16.5. The van der Waals surface area contributed by atoms with Gasteiger partial charge in [-0.2, -0.15) is 0 Å². The Morgan fingerprint density at radius 1 is 1.28 bits per heavy atom. The van der Waals surface area contributed by atoms with E-state index in [9.17, 15) is 15.0 Å². The number of hydrogen-bond acceptors (Lipinski definition) is 4. The molecule has 0 spiro atoms. The summed E-state index contributed by atoms with van der Waals surface area (Å²) in [5, 5.41) is 21.4. The molecule has 0 aromatic heterocycles. The minimum absolute atomic E-state index is 0.0579. The van der Waals surface area contributed by atoms with Crippen molar-refractivity contribution in [2.45, 2.75) is 64.7 Å². The molecule has 0 aliphatic heterocycles. The molecule has 0 bridgehead atoms. The molecule has 0 unspecified atom stereocenters. The molecule has 1 fully saturated rings. The van der Waals surface area contributed by atoms with E-state index in [1.54, 1.807) is 7.11 Å². The van der Waals surface area contributed by atoms with Crippen molar-refractivity contribution in [3.8, 4) is 11.5 Å². The van der Waals surface area contributed by atoms with Crippen LogP contribution in [0.4, 0.5) is 0 Å². The Labute approximate surface area is 150 Å². The fraction of sp³-hybridized carbons (Fsp3) is 0.667. The summed E-state index contributed by atoms with van der Waals surface area (Å²) in [6.45, 7) is 8.58. The lowest BCUT2D eigenvalue weighted by Gasteiger charge is -2.54. The van der Waals surface area contributed by atoms with Crippen molar-refractivity contribution in [2.75, 3.05) is 13.7 Å². The van der Waals surface area contributed by atoms with Crippen LogP contribution < -0.4 is 0 Å². The predicted molar refractivity (Wildman–Crippen MR) is 97.2 cm³/mol. The quantitative estimate of drug-likeness (QED) is 0.866. The second-order valence-electron chi connectivity index (χ2n) is 8.62. The Hall–Kier alpha value is -1.55. The van der Waals surface area contributed by atoms with Gasteiger partial charge in [0.15, 0.2) is 0 Å². The first-order chi connectivity index (χ1) is 11.7. The van der Waals surface area contributed by atoms with E-state index in [2.05, 4.69) is 6.92 Å². The number of rotatable bonds is 3. The lowest BCUT2D eigenvalue weighted by atomic mass is 9.49. The average Bonchev–Trinajstić information content (AvgIpc) is 2.52. The number of hydrogen-bond donors (Lipinski definition) is 2. The third-order valence-corrected chi connectivity index (χ3v) is 6.79. The van der Waals surface area contributed by atoms with Crippen LogP contribution in [0.5, 0.6) is 11.5 Å². The zero-order chi connectivity index (χ0) is 18.6. The minimum atomic E-state index is -0.513. The van der Waals surface area contributed by atoms with Crippen LogP contribution in [0.2, 0.25) is 0 Å². The first-order valence-electron chi connectivity index (χ1n) is 9.27. The van der Waals surface area contributed by atoms with Crippen LogP contribution in [-0.2, 0) is 21.4 Å². The third kappa shape index (κ3) is 2.49. The molecule has 1 aromatic rings. The van der Waals surface area contributed by atoms with Gasteiger partial charge >= 0.3 is 0 Å². The highest BCUT2D eigenvalue weighted by molar-refractivity contribution is 5.86. The highest BCUT2D eigenvalue weighted by Crippen LogP contribution is 2.58. The normalized spacial score (nSPS) is 31.8. The number of carbonyl (C=O) groups excluding carboxylic acids is 1. The molecule has 1 saturated carbocycles. The van der Waals surface area contributed by atoms with Gasteiger partial charge in [-0.1, -0.05) is 27.7 Å². The number of benzene rings is 1. The van der Waals surface area contributed by atoms with E-state index in [0.717, 1.165) is 30.4 Å². The van der Waals surface area contributed by atoms with Gasteiger partial charge < -0.3 is 14.9 Å². The standard InChI is InChI=1S/C21H30O4/c1-12(2)18-15(22)10-14-13(19(18)24)6-7-16-20(14,3)9-8-17(23)21(16,4)11-25-5/h10,12,16,22,24H,6-9,11H2,1-5H3/t16-,20-,21-/m1/s1. The van der Waals surface area contributed by atoms with E-state index >= 15 is 0 Å². The maximum Gasteiger partial charge on any atom is 0.141 e. The van der Waals surface area contributed by atoms with Crippen LogP contribution >= 0.6 is 0 Å². The largest absolute Gasteiger partial charge is 0.508 e. The van der Waals surface area contributed by atoms with E-state index < -0.39 is 5.41 Å². The van der Waals surface area contributed by atoms with Crippen molar-refractivity contribution in [1.29, 1.82) is 0 Å². The summed E-state index contributed by atoms with van der Waals surface area (Å²) >= 11 is 0. The van der Waals surface area contributed by atoms with Crippen molar-refractivity contribution < 1.29 is 19.7 Å². The number of carbonyl (C=O) groups is 1. The van der Waals surface area contributed by atoms with Gasteiger partial charge in [-0.3, -0.25) is 4.79 Å². The number of methoxy groups -OCH3 is 1. The summed E-state index contributed by atoms with van der Waals surface area (Å²) in [5.41, 5.74) is 1.85. The molecular weight excluding hydrogens is 316 g/mol. The van der Waals surface area contributed by atoms with Crippen LogP contribution in [0.15, 0.2) is 6.07 Å². The summed E-state index contributed by atoms with van der Waals surface area (Å²) in [4.78, 5) is 12.7. The maximum absolute atomic E-state index is 12.7. The average molecular weight is 346 g/mol. The molecule has 3 atom stereocenters. The molecule has 3 rings (SSSR count). The first-order valence-corrected chi connectivity index (χ1v) is 9.27. The molecule has 4 nitrogen and oxygen atoms in total. The summed E-state index contributed by atoms with van der Waals surface area (Å²) in [5.74, 6) is 0.890. The zero-order valence-electron chi connectivity index (χ0n) is 16.0. The van der Waals surface area contributed by atoms with Gasteiger partial charge in [-0.15, -0.1) is 0 Å². The highest BCUT2D eigenvalue weighted by Gasteiger charge is 2.56. The smallest absolute Gasteiger partial charge is 0.141 e. The summed E-state index contributed by atoms with van der Waals surface area (Å²) < 4.78 is 5.42. The molecule has 25 heavy (non-hydrogen) atoms. The van der Waals surface area contributed by atoms with Crippen LogP contribution in [0.1, 0.15) is 69.6 Å². The van der Waals surface area contributed by atoms with Gasteiger partial charge in [0.25, 0.3) is 0 Å². The lowest BCUT2D eigenvalue weighted by Crippen LogP contribution is -2.55. The molecule has 138 valence electrons. The number of ether oxygens (including phenoxy) is 1. The van der Waals surface area contributed by atoms with E-state index in [1.807, 2.05) is 26.8 Å². The van der Waals surface area contributed by atoms with Crippen LogP contribution in [0.25, 0.3) is 0 Å². The molecule has 4 heteroatoms. The van der Waals surface area contributed by atoms with E-state index in [-0.39, 0.29) is 34.5 Å². The SMILES string of the molecule is COC[C@@]1(C)C(=O)CC[C@]2(C)c3cc(O)c(C(C)C)c(O)c3CC[C@@H]12. The van der Waals surface area contributed by atoms with Gasteiger partial charge in [0, 0.05) is 19.1 Å². The molecule has 1 aromatic carbocycles. The Kier molecular flexibility index (Phi) is 4.39. The molecule has 0 saturated heterocycles. The summed E-state index contributed by atoms with van der Waals surface area (Å²) in [6.07, 6.45) is 2.85. The van der Waals surface area contributed by atoms with Crippen LogP contribution in [0.3, 0.4) is 0 Å². The topological polar surface area (TPSA) is 66.8 Å². The number of phenols is 2. The maximum atomic E-state index is 12.7. The number of ketones is 1. The monoisotopic (exact) mass is 346 g/mol. The van der Waals surface area contributed by atoms with Crippen molar-refractivity contribution >= 4 is 5.78 Å². The molecular formula is C21H30O4. The minimum Gasteiger partial charge on any atom is -0.508 e. The number of aromatic hydroxyl groups is 2. The van der Waals surface area contributed by atoms with Gasteiger partial charge in [0.1, 0.15) is 17.3 Å². The van der Waals surface area contributed by atoms with Gasteiger partial charge in [-0.05, 0) is 53.7 Å². The second-order valence-corrected chi connectivity index (χ2v) is 8.62. The van der Waals surface area contributed by atoms with Crippen molar-refractivity contribution in [3.63, 3.8) is 0 Å². The second kappa shape index (κ2) is 6.01. The van der Waals surface area contributed by atoms with Crippen LogP contribution in [0, 0.1) is 11.3 Å². The number of phenolic OH excluding ortho intramolecular Hbond substituents is 2. The molecule has 2 N–H and O–H groups in total. The number of Topliss-reactive ketones (excluding diaryl/α,β-unsaturated/α-hetero) is 1. The molecule has 0 heterocycles. The summed E-state index contributed by atoms with van der Waals surface area (Å²) in [6, 6.07) is 1.85. The lowest BCUT2D eigenvalue weighted by molar-refractivity contribution is -0.143. The fourth-order valence-electron chi connectivity index (χ4n) is 5.50. The molecule has 0 amide bonds. The van der Waals surface area contributed by atoms with Gasteiger partial charge in [0.05, 0.1) is 12.0 Å². The first kappa shape index (κ1) is 18.2. The fourth-order valence-corrected chi connectivity index (χ4v) is 5.50. The Morgan fingerprint density at radius 3 is 2.56 bits per heavy atom. The van der Waals surface area contributed by atoms with Crippen molar-refractivity contribution in [3.05, 3.63) is 22.8 Å². The van der Waals surface area contributed by atoms with E-state index in [1.165, 1.54) is 0 Å². The predicted octanol–water partition coefficient (Wildman–Crippen LogP) is 4.06. The molecule has 0 radical (unpaired) electrons. The summed E-state index contributed by atoms with van der Waals surface area (Å²) in [7, 11) is 1.65.